The van der Waals surface area contributed by atoms with Gasteiger partial charge in [-0.1, -0.05) is 12.1 Å². The van der Waals surface area contributed by atoms with Crippen molar-refractivity contribution in [3.8, 4) is 11.8 Å². The van der Waals surface area contributed by atoms with Crippen LogP contribution in [0.1, 0.15) is 29.5 Å². The third kappa shape index (κ3) is 4.02. The fourth-order valence-corrected chi connectivity index (χ4v) is 3.11. The van der Waals surface area contributed by atoms with Gasteiger partial charge in [-0.25, -0.2) is 4.99 Å². The normalized spacial score (nSPS) is 13.9. The highest BCUT2D eigenvalue weighted by atomic mass is 16.5. The van der Waals surface area contributed by atoms with E-state index in [0.717, 1.165) is 24.1 Å². The lowest BCUT2D eigenvalue weighted by atomic mass is 9.90. The number of nitrogens with zero attached hydrogens (tertiary/aromatic N) is 2. The number of aliphatic imine (C=N–C) groups is 1. The highest BCUT2D eigenvalue weighted by molar-refractivity contribution is 5.93. The van der Waals surface area contributed by atoms with Crippen LogP contribution >= 0.6 is 0 Å². The number of pyridine rings is 1. The quantitative estimate of drug-likeness (QED) is 0.646. The highest BCUT2D eigenvalue weighted by Crippen LogP contribution is 2.27. The van der Waals surface area contributed by atoms with Crippen LogP contribution in [0.5, 0.6) is 11.8 Å². The summed E-state index contributed by atoms with van der Waals surface area (Å²) in [5.74, 6) is 1.39. The smallest absolute Gasteiger partial charge is 0.221 e. The summed E-state index contributed by atoms with van der Waals surface area (Å²) in [6.07, 6.45) is 4.69. The van der Waals surface area contributed by atoms with E-state index in [4.69, 9.17) is 15.2 Å². The maximum absolute atomic E-state index is 6.09. The van der Waals surface area contributed by atoms with E-state index in [1.54, 1.807) is 20.3 Å². The maximum Gasteiger partial charge on any atom is 0.221 e. The third-order valence-electron chi connectivity index (χ3n) is 4.39. The molecule has 1 aliphatic rings. The second-order valence-electron chi connectivity index (χ2n) is 6.00. The SMILES string of the molecule is COc1ccc(CN=C(N)Nc2cccc3c2CCCC3)c(OC)n1. The molecule has 0 spiro atoms. The molecule has 6 nitrogen and oxygen atoms in total. The Morgan fingerprint density at radius 3 is 2.80 bits per heavy atom. The molecule has 0 bridgehead atoms. The molecule has 0 saturated heterocycles. The van der Waals surface area contributed by atoms with Gasteiger partial charge in [0.2, 0.25) is 11.8 Å². The number of aryl methyl sites for hydroxylation is 1. The highest BCUT2D eigenvalue weighted by Gasteiger charge is 2.13. The Morgan fingerprint density at radius 1 is 1.16 bits per heavy atom. The van der Waals surface area contributed by atoms with Crippen LogP contribution in [-0.4, -0.2) is 25.2 Å². The Hall–Kier alpha value is -2.76. The van der Waals surface area contributed by atoms with Crippen molar-refractivity contribution in [1.82, 2.24) is 4.98 Å². The molecule has 2 aromatic rings. The van der Waals surface area contributed by atoms with E-state index in [1.165, 1.54) is 24.0 Å². The summed E-state index contributed by atoms with van der Waals surface area (Å²) in [6, 6.07) is 9.98. The lowest BCUT2D eigenvalue weighted by molar-refractivity contribution is 0.361. The lowest BCUT2D eigenvalue weighted by Crippen LogP contribution is -2.24. The minimum absolute atomic E-state index is 0.383. The molecule has 1 aromatic carbocycles. The van der Waals surface area contributed by atoms with Crippen molar-refractivity contribution < 1.29 is 9.47 Å². The molecule has 0 fully saturated rings. The number of guanidine groups is 1. The predicted octanol–water partition coefficient (Wildman–Crippen LogP) is 2.90. The topological polar surface area (TPSA) is 81.8 Å². The van der Waals surface area contributed by atoms with Gasteiger partial charge in [-0.2, -0.15) is 4.98 Å². The van der Waals surface area contributed by atoms with Crippen LogP contribution < -0.4 is 20.5 Å². The second-order valence-corrected chi connectivity index (χ2v) is 6.00. The van der Waals surface area contributed by atoms with Gasteiger partial charge < -0.3 is 20.5 Å². The zero-order chi connectivity index (χ0) is 17.6. The zero-order valence-electron chi connectivity index (χ0n) is 14.7. The molecular weight excluding hydrogens is 316 g/mol. The van der Waals surface area contributed by atoms with Gasteiger partial charge in [0.1, 0.15) is 0 Å². The first-order valence-electron chi connectivity index (χ1n) is 8.47. The van der Waals surface area contributed by atoms with Gasteiger partial charge in [0.15, 0.2) is 5.96 Å². The molecule has 132 valence electrons. The van der Waals surface area contributed by atoms with Crippen LogP contribution in [0.15, 0.2) is 35.3 Å². The molecule has 3 N–H and O–H groups in total. The molecule has 0 unspecified atom stereocenters. The Bertz CT molecular complexity index is 774. The van der Waals surface area contributed by atoms with Crippen molar-refractivity contribution in [3.63, 3.8) is 0 Å². The number of hydrogen-bond donors (Lipinski definition) is 2. The number of nitrogens with one attached hydrogen (secondary N) is 1. The first-order valence-corrected chi connectivity index (χ1v) is 8.47. The maximum atomic E-state index is 6.09. The third-order valence-corrected chi connectivity index (χ3v) is 4.39. The van der Waals surface area contributed by atoms with Crippen molar-refractivity contribution in [2.75, 3.05) is 19.5 Å². The number of methoxy groups -OCH3 is 2. The monoisotopic (exact) mass is 340 g/mol. The molecule has 0 atom stereocenters. The molecular formula is C19H24N4O2. The van der Waals surface area contributed by atoms with Crippen LogP contribution in [0.3, 0.4) is 0 Å². The minimum Gasteiger partial charge on any atom is -0.481 e. The van der Waals surface area contributed by atoms with Gasteiger partial charge in [0, 0.05) is 17.3 Å². The molecule has 3 rings (SSSR count). The molecule has 1 aromatic heterocycles. The molecule has 0 radical (unpaired) electrons. The summed E-state index contributed by atoms with van der Waals surface area (Å²) in [4.78, 5) is 8.68. The van der Waals surface area contributed by atoms with Gasteiger partial charge in [-0.3, -0.25) is 0 Å². The van der Waals surface area contributed by atoms with E-state index in [0.29, 0.717) is 24.3 Å². The molecule has 6 heteroatoms. The first kappa shape index (κ1) is 17.1. The van der Waals surface area contributed by atoms with Gasteiger partial charge in [-0.15, -0.1) is 0 Å². The van der Waals surface area contributed by atoms with E-state index in [2.05, 4.69) is 33.5 Å². The van der Waals surface area contributed by atoms with Crippen molar-refractivity contribution in [3.05, 3.63) is 47.0 Å². The van der Waals surface area contributed by atoms with Gasteiger partial charge in [0.25, 0.3) is 0 Å². The number of ether oxygens (including phenoxy) is 2. The Morgan fingerprint density at radius 2 is 2.00 bits per heavy atom. The minimum atomic E-state index is 0.383. The first-order chi connectivity index (χ1) is 12.2. The summed E-state index contributed by atoms with van der Waals surface area (Å²) in [5.41, 5.74) is 10.8. The van der Waals surface area contributed by atoms with Crippen LogP contribution in [0, 0.1) is 0 Å². The van der Waals surface area contributed by atoms with E-state index in [9.17, 15) is 0 Å². The van der Waals surface area contributed by atoms with Crippen LogP contribution in [0.4, 0.5) is 5.69 Å². The number of fused-ring (bicyclic) bond motifs is 1. The van der Waals surface area contributed by atoms with Crippen LogP contribution in [0.2, 0.25) is 0 Å². The Kier molecular flexibility index (Phi) is 5.38. The van der Waals surface area contributed by atoms with Crippen LogP contribution in [0.25, 0.3) is 0 Å². The molecule has 1 aliphatic carbocycles. The summed E-state index contributed by atoms with van der Waals surface area (Å²) in [6.45, 7) is 0.383. The number of aromatic nitrogens is 1. The van der Waals surface area contributed by atoms with E-state index in [-0.39, 0.29) is 0 Å². The average Bonchev–Trinajstić information content (AvgIpc) is 2.66. The molecule has 0 saturated carbocycles. The fraction of sp³-hybridized carbons (Fsp3) is 0.368. The van der Waals surface area contributed by atoms with Gasteiger partial charge in [-0.05, 0) is 48.9 Å². The van der Waals surface area contributed by atoms with Crippen molar-refractivity contribution in [2.24, 2.45) is 10.7 Å². The Labute approximate surface area is 148 Å². The number of hydrogen-bond acceptors (Lipinski definition) is 4. The molecule has 0 amide bonds. The Balaban J connectivity index is 1.73. The van der Waals surface area contributed by atoms with Crippen molar-refractivity contribution in [2.45, 2.75) is 32.2 Å². The van der Waals surface area contributed by atoms with Gasteiger partial charge in [0.05, 0.1) is 20.8 Å². The second kappa shape index (κ2) is 7.88. The number of anilines is 1. The summed E-state index contributed by atoms with van der Waals surface area (Å²) >= 11 is 0. The van der Waals surface area contributed by atoms with Gasteiger partial charge >= 0.3 is 0 Å². The van der Waals surface area contributed by atoms with E-state index >= 15 is 0 Å². The fourth-order valence-electron chi connectivity index (χ4n) is 3.11. The predicted molar refractivity (Wildman–Crippen MR) is 99.4 cm³/mol. The number of rotatable bonds is 5. The number of benzene rings is 1. The molecule has 25 heavy (non-hydrogen) atoms. The summed E-state index contributed by atoms with van der Waals surface area (Å²) < 4.78 is 10.4. The average molecular weight is 340 g/mol. The summed E-state index contributed by atoms with van der Waals surface area (Å²) in [7, 11) is 3.15. The largest absolute Gasteiger partial charge is 0.481 e. The van der Waals surface area contributed by atoms with E-state index in [1.807, 2.05) is 6.07 Å². The van der Waals surface area contributed by atoms with Crippen molar-refractivity contribution >= 4 is 11.6 Å². The standard InChI is InChI=1S/C19H24N4O2/c1-24-17-11-10-14(18(23-17)25-2)12-21-19(20)22-16-9-5-7-13-6-3-4-8-15(13)16/h5,7,9-11H,3-4,6,8,12H2,1-2H3,(H3,20,21,22). The van der Waals surface area contributed by atoms with Crippen LogP contribution in [-0.2, 0) is 19.4 Å². The van der Waals surface area contributed by atoms with E-state index < -0.39 is 0 Å². The number of nitrogens with two attached hydrogens (primary N) is 1. The van der Waals surface area contributed by atoms with Crippen molar-refractivity contribution in [1.29, 1.82) is 0 Å². The molecule has 1 heterocycles. The zero-order valence-corrected chi connectivity index (χ0v) is 14.7. The summed E-state index contributed by atoms with van der Waals surface area (Å²) in [5, 5.41) is 3.24. The molecule has 0 aliphatic heterocycles. The lowest BCUT2D eigenvalue weighted by Gasteiger charge is -2.19.